The van der Waals surface area contributed by atoms with Crippen LogP contribution in [0.3, 0.4) is 0 Å². The average Bonchev–Trinajstić information content (AvgIpc) is 2.39. The largest absolute Gasteiger partial charge is 0.325 e. The second kappa shape index (κ2) is 7.58. The fourth-order valence-electron chi connectivity index (χ4n) is 2.04. The van der Waals surface area contributed by atoms with Crippen LogP contribution < -0.4 is 5.32 Å². The van der Waals surface area contributed by atoms with Crippen LogP contribution in [0.5, 0.6) is 0 Å². The van der Waals surface area contributed by atoms with Crippen molar-refractivity contribution in [1.29, 1.82) is 0 Å². The number of carbonyl (C=O) groups is 1. The summed E-state index contributed by atoms with van der Waals surface area (Å²) in [6, 6.07) is 11.3. The second-order valence-electron chi connectivity index (χ2n) is 4.97. The second-order valence-corrected chi connectivity index (χ2v) is 5.84. The van der Waals surface area contributed by atoms with E-state index in [-0.39, 0.29) is 18.3 Å². The van der Waals surface area contributed by atoms with Crippen molar-refractivity contribution in [2.75, 3.05) is 18.9 Å². The molecule has 0 radical (unpaired) electrons. The molecule has 0 atom stereocenters. The van der Waals surface area contributed by atoms with Crippen molar-refractivity contribution in [1.82, 2.24) is 4.90 Å². The molecule has 0 bridgehead atoms. The monoisotopic (exact) mass is 340 g/mol. The van der Waals surface area contributed by atoms with E-state index >= 15 is 0 Å². The smallest absolute Gasteiger partial charge is 0.238 e. The predicted molar refractivity (Wildman–Crippen MR) is 87.8 cm³/mol. The minimum atomic E-state index is -0.281. The number of carbonyl (C=O) groups excluding carboxylic acids is 1. The maximum Gasteiger partial charge on any atom is 0.238 e. The Morgan fingerprint density at radius 3 is 2.45 bits per heavy atom. The molecule has 0 aliphatic heterocycles. The zero-order valence-corrected chi connectivity index (χ0v) is 13.5. The number of hydrogen-bond acceptors (Lipinski definition) is 2. The summed E-state index contributed by atoms with van der Waals surface area (Å²) in [5.41, 5.74) is 1.07. The summed E-state index contributed by atoms with van der Waals surface area (Å²) in [5, 5.41) is 3.61. The summed E-state index contributed by atoms with van der Waals surface area (Å²) in [5.74, 6) is -0.506. The average molecular weight is 341 g/mol. The molecule has 2 aromatic carbocycles. The number of benzene rings is 2. The van der Waals surface area contributed by atoms with Crippen LogP contribution in [0.4, 0.5) is 10.1 Å². The van der Waals surface area contributed by atoms with Crippen LogP contribution in [0.15, 0.2) is 42.5 Å². The van der Waals surface area contributed by atoms with E-state index in [4.69, 9.17) is 23.2 Å². The minimum absolute atomic E-state index is 0.123. The summed E-state index contributed by atoms with van der Waals surface area (Å²) >= 11 is 11.8. The van der Waals surface area contributed by atoms with E-state index in [1.807, 2.05) is 0 Å². The van der Waals surface area contributed by atoms with Gasteiger partial charge in [-0.15, -0.1) is 0 Å². The molecule has 0 heterocycles. The fraction of sp³-hybridized carbons (Fsp3) is 0.188. The molecular weight excluding hydrogens is 326 g/mol. The number of nitrogens with one attached hydrogen (secondary N) is 1. The summed E-state index contributed by atoms with van der Waals surface area (Å²) in [4.78, 5) is 13.7. The van der Waals surface area contributed by atoms with Crippen LogP contribution in [0.25, 0.3) is 0 Å². The zero-order valence-electron chi connectivity index (χ0n) is 11.9. The lowest BCUT2D eigenvalue weighted by Crippen LogP contribution is -2.30. The van der Waals surface area contributed by atoms with Crippen molar-refractivity contribution < 1.29 is 9.18 Å². The quantitative estimate of drug-likeness (QED) is 0.884. The van der Waals surface area contributed by atoms with Crippen molar-refractivity contribution in [3.63, 3.8) is 0 Å². The van der Waals surface area contributed by atoms with E-state index in [0.29, 0.717) is 27.8 Å². The van der Waals surface area contributed by atoms with Crippen LogP contribution in [-0.2, 0) is 11.3 Å². The number of rotatable bonds is 5. The van der Waals surface area contributed by atoms with E-state index < -0.39 is 0 Å². The van der Waals surface area contributed by atoms with Gasteiger partial charge in [-0.3, -0.25) is 9.69 Å². The third-order valence-corrected chi connectivity index (χ3v) is 3.39. The van der Waals surface area contributed by atoms with Gasteiger partial charge in [-0.2, -0.15) is 0 Å². The minimum Gasteiger partial charge on any atom is -0.325 e. The predicted octanol–water partition coefficient (Wildman–Crippen LogP) is 4.20. The highest BCUT2D eigenvalue weighted by Gasteiger charge is 2.10. The Morgan fingerprint density at radius 1 is 1.18 bits per heavy atom. The molecule has 6 heteroatoms. The van der Waals surface area contributed by atoms with Crippen LogP contribution >= 0.6 is 23.2 Å². The first-order valence-electron chi connectivity index (χ1n) is 6.62. The maximum absolute atomic E-state index is 13.6. The summed E-state index contributed by atoms with van der Waals surface area (Å²) < 4.78 is 13.6. The summed E-state index contributed by atoms with van der Waals surface area (Å²) in [6.45, 7) is 0.467. The molecule has 0 unspecified atom stereocenters. The molecule has 0 saturated heterocycles. The molecule has 0 aliphatic rings. The lowest BCUT2D eigenvalue weighted by Gasteiger charge is -2.17. The number of hydrogen-bond donors (Lipinski definition) is 1. The van der Waals surface area contributed by atoms with Crippen LogP contribution in [0.1, 0.15) is 5.56 Å². The van der Waals surface area contributed by atoms with Crippen molar-refractivity contribution in [3.05, 3.63) is 63.9 Å². The van der Waals surface area contributed by atoms with Gasteiger partial charge in [0, 0.05) is 27.8 Å². The van der Waals surface area contributed by atoms with Gasteiger partial charge in [0.25, 0.3) is 0 Å². The highest BCUT2D eigenvalue weighted by Crippen LogP contribution is 2.22. The van der Waals surface area contributed by atoms with Crippen LogP contribution in [0.2, 0.25) is 10.0 Å². The normalized spacial score (nSPS) is 10.8. The Morgan fingerprint density at radius 2 is 1.82 bits per heavy atom. The Labute approximate surface area is 138 Å². The fourth-order valence-corrected chi connectivity index (χ4v) is 2.57. The molecule has 116 valence electrons. The molecule has 22 heavy (non-hydrogen) atoms. The first-order chi connectivity index (χ1) is 10.4. The molecule has 0 fully saturated rings. The Balaban J connectivity index is 1.92. The number of likely N-dealkylation sites (N-methyl/N-ethyl adjacent to an activating group) is 1. The molecule has 2 aromatic rings. The van der Waals surface area contributed by atoms with Crippen LogP contribution in [0, 0.1) is 5.82 Å². The zero-order chi connectivity index (χ0) is 16.1. The third kappa shape index (κ3) is 4.98. The molecule has 0 saturated carbocycles. The van der Waals surface area contributed by atoms with Crippen LogP contribution in [-0.4, -0.2) is 24.4 Å². The van der Waals surface area contributed by atoms with Gasteiger partial charge in [0.15, 0.2) is 0 Å². The van der Waals surface area contributed by atoms with E-state index in [1.165, 1.54) is 6.07 Å². The van der Waals surface area contributed by atoms with Gasteiger partial charge < -0.3 is 5.32 Å². The van der Waals surface area contributed by atoms with Crippen molar-refractivity contribution >= 4 is 34.8 Å². The van der Waals surface area contributed by atoms with Gasteiger partial charge in [-0.25, -0.2) is 4.39 Å². The SMILES string of the molecule is CN(CC(=O)Nc1cc(Cl)cc(Cl)c1)Cc1ccccc1F. The van der Waals surface area contributed by atoms with Crippen molar-refractivity contribution in [2.24, 2.45) is 0 Å². The van der Waals surface area contributed by atoms with Gasteiger partial charge in [0.05, 0.1) is 6.54 Å². The molecule has 1 N–H and O–H groups in total. The molecule has 1 amide bonds. The van der Waals surface area contributed by atoms with Crippen molar-refractivity contribution in [2.45, 2.75) is 6.54 Å². The number of halogens is 3. The standard InChI is InChI=1S/C16H15Cl2FN2O/c1-21(9-11-4-2-3-5-15(11)19)10-16(22)20-14-7-12(17)6-13(18)8-14/h2-8H,9-10H2,1H3,(H,20,22). The maximum atomic E-state index is 13.6. The van der Waals surface area contributed by atoms with E-state index in [0.717, 1.165) is 0 Å². The van der Waals surface area contributed by atoms with Gasteiger partial charge in [-0.1, -0.05) is 41.4 Å². The third-order valence-electron chi connectivity index (χ3n) is 2.96. The molecule has 0 aromatic heterocycles. The van der Waals surface area contributed by atoms with Gasteiger partial charge >= 0.3 is 0 Å². The Hall–Kier alpha value is -1.62. The number of anilines is 1. The molecule has 0 aliphatic carbocycles. The van der Waals surface area contributed by atoms with Gasteiger partial charge in [-0.05, 0) is 31.3 Å². The van der Waals surface area contributed by atoms with Gasteiger partial charge in [0.1, 0.15) is 5.82 Å². The van der Waals surface area contributed by atoms with E-state index in [2.05, 4.69) is 5.32 Å². The lowest BCUT2D eigenvalue weighted by molar-refractivity contribution is -0.117. The Kier molecular flexibility index (Phi) is 5.77. The van der Waals surface area contributed by atoms with E-state index in [9.17, 15) is 9.18 Å². The van der Waals surface area contributed by atoms with Crippen molar-refractivity contribution in [3.8, 4) is 0 Å². The lowest BCUT2D eigenvalue weighted by atomic mass is 10.2. The first kappa shape index (κ1) is 16.7. The molecule has 0 spiro atoms. The highest BCUT2D eigenvalue weighted by molar-refractivity contribution is 6.35. The number of nitrogens with zero attached hydrogens (tertiary/aromatic N) is 1. The molecule has 3 nitrogen and oxygen atoms in total. The topological polar surface area (TPSA) is 32.3 Å². The Bertz CT molecular complexity index is 659. The van der Waals surface area contributed by atoms with Gasteiger partial charge in [0.2, 0.25) is 5.91 Å². The summed E-state index contributed by atoms with van der Waals surface area (Å²) in [7, 11) is 1.75. The summed E-state index contributed by atoms with van der Waals surface area (Å²) in [6.07, 6.45) is 0. The molecular formula is C16H15Cl2FN2O. The van der Waals surface area contributed by atoms with E-state index in [1.54, 1.807) is 48.3 Å². The molecule has 2 rings (SSSR count). The highest BCUT2D eigenvalue weighted by atomic mass is 35.5. The first-order valence-corrected chi connectivity index (χ1v) is 7.37. The number of amides is 1.